The van der Waals surface area contributed by atoms with E-state index in [0.717, 1.165) is 30.4 Å². The maximum Gasteiger partial charge on any atom is 0.326 e. The van der Waals surface area contributed by atoms with Gasteiger partial charge < -0.3 is 21.3 Å². The van der Waals surface area contributed by atoms with E-state index in [9.17, 15) is 19.2 Å². The molecule has 0 saturated heterocycles. The van der Waals surface area contributed by atoms with Crippen LogP contribution in [0, 0.1) is 0 Å². The Bertz CT molecular complexity index is 1240. The highest BCUT2D eigenvalue weighted by molar-refractivity contribution is 5.96. The van der Waals surface area contributed by atoms with Crippen LogP contribution in [0.5, 0.6) is 0 Å². The summed E-state index contributed by atoms with van der Waals surface area (Å²) in [7, 11) is 0. The Balaban J connectivity index is 1.55. The number of aromatic nitrogens is 2. The number of H-pyrrole nitrogens is 1. The van der Waals surface area contributed by atoms with E-state index in [0.29, 0.717) is 16.5 Å². The van der Waals surface area contributed by atoms with Gasteiger partial charge in [-0.15, -0.1) is 0 Å². The van der Waals surface area contributed by atoms with Gasteiger partial charge in [0.05, 0.1) is 10.9 Å². The van der Waals surface area contributed by atoms with Crippen molar-refractivity contribution in [1.82, 2.24) is 15.3 Å². The third kappa shape index (κ3) is 6.39. The molecule has 0 aliphatic carbocycles. The van der Waals surface area contributed by atoms with Crippen LogP contribution < -0.4 is 16.6 Å². The van der Waals surface area contributed by atoms with Gasteiger partial charge in [0, 0.05) is 12.0 Å². The van der Waals surface area contributed by atoms with Crippen molar-refractivity contribution in [3.05, 3.63) is 69.5 Å². The summed E-state index contributed by atoms with van der Waals surface area (Å²) in [6.45, 7) is 0. The number of nitrogens with zero attached hydrogens (tertiary/aromatic N) is 1. The number of fused-ring (bicyclic) bond motifs is 1. The average Bonchev–Trinajstić information content (AvgIpc) is 2.77. The van der Waals surface area contributed by atoms with E-state index < -0.39 is 23.9 Å². The molecule has 1 heterocycles. The number of aliphatic carboxylic acids is 2. The molecule has 0 bridgehead atoms. The van der Waals surface area contributed by atoms with Crippen LogP contribution >= 0.6 is 0 Å². The summed E-state index contributed by atoms with van der Waals surface area (Å²) < 4.78 is 0. The van der Waals surface area contributed by atoms with Crippen LogP contribution in [-0.4, -0.2) is 44.1 Å². The third-order valence-corrected chi connectivity index (χ3v) is 5.19. The third-order valence-electron chi connectivity index (χ3n) is 5.19. The number of hydrogen-bond donors (Lipinski definition) is 5. The number of anilines is 1. The van der Waals surface area contributed by atoms with Crippen molar-refractivity contribution < 1.29 is 24.6 Å². The van der Waals surface area contributed by atoms with Gasteiger partial charge in [0.2, 0.25) is 5.95 Å². The number of hydrogen-bond acceptors (Lipinski definition) is 6. The second kappa shape index (κ2) is 10.4. The number of benzene rings is 2. The Labute approximate surface area is 188 Å². The minimum atomic E-state index is -1.28. The highest BCUT2D eigenvalue weighted by Gasteiger charge is 2.21. The lowest BCUT2D eigenvalue weighted by Crippen LogP contribution is -2.41. The number of aromatic amines is 1. The zero-order chi connectivity index (χ0) is 24.0. The van der Waals surface area contributed by atoms with Gasteiger partial charge >= 0.3 is 11.9 Å². The van der Waals surface area contributed by atoms with Crippen LogP contribution in [0.1, 0.15) is 40.7 Å². The largest absolute Gasteiger partial charge is 0.481 e. The number of nitrogens with one attached hydrogen (secondary N) is 2. The number of carboxylic acids is 2. The van der Waals surface area contributed by atoms with Gasteiger partial charge in [-0.25, -0.2) is 9.78 Å². The van der Waals surface area contributed by atoms with Crippen LogP contribution in [0.25, 0.3) is 10.9 Å². The number of nitrogen functional groups attached to an aromatic ring is 1. The van der Waals surface area contributed by atoms with E-state index in [1.807, 2.05) is 6.07 Å². The summed E-state index contributed by atoms with van der Waals surface area (Å²) in [5.74, 6) is -2.90. The molecule has 10 heteroatoms. The molecular formula is C23H24N4O6. The maximum atomic E-state index is 12.3. The summed E-state index contributed by atoms with van der Waals surface area (Å²) in [5.41, 5.74) is 8.12. The first kappa shape index (κ1) is 23.5. The van der Waals surface area contributed by atoms with Crippen LogP contribution in [0.2, 0.25) is 0 Å². The van der Waals surface area contributed by atoms with Crippen LogP contribution in [0.15, 0.2) is 47.3 Å². The molecule has 0 saturated carbocycles. The fourth-order valence-electron chi connectivity index (χ4n) is 3.45. The second-order valence-corrected chi connectivity index (χ2v) is 7.65. The van der Waals surface area contributed by atoms with Gasteiger partial charge in [-0.2, -0.15) is 0 Å². The molecule has 172 valence electrons. The Hall–Kier alpha value is -4.21. The molecule has 1 amide bonds. The van der Waals surface area contributed by atoms with Crippen LogP contribution in [0.4, 0.5) is 5.95 Å². The number of carbonyl (C=O) groups excluding carboxylic acids is 1. The summed E-state index contributed by atoms with van der Waals surface area (Å²) in [4.78, 5) is 52.8. The molecule has 6 N–H and O–H groups in total. The van der Waals surface area contributed by atoms with Crippen molar-refractivity contribution in [3.8, 4) is 0 Å². The van der Waals surface area contributed by atoms with E-state index in [-0.39, 0.29) is 24.3 Å². The molecule has 0 aliphatic heterocycles. The molecule has 0 spiro atoms. The molecular weight excluding hydrogens is 428 g/mol. The lowest BCUT2D eigenvalue weighted by atomic mass is 10.0. The highest BCUT2D eigenvalue weighted by Crippen LogP contribution is 2.14. The lowest BCUT2D eigenvalue weighted by Gasteiger charge is -2.13. The molecule has 0 radical (unpaired) electrons. The van der Waals surface area contributed by atoms with Gasteiger partial charge in [-0.3, -0.25) is 19.4 Å². The van der Waals surface area contributed by atoms with E-state index in [4.69, 9.17) is 15.9 Å². The average molecular weight is 452 g/mol. The number of carboxylic acid groups (broad SMARTS) is 2. The van der Waals surface area contributed by atoms with Crippen LogP contribution in [-0.2, 0) is 22.4 Å². The highest BCUT2D eigenvalue weighted by atomic mass is 16.4. The molecule has 0 aliphatic rings. The van der Waals surface area contributed by atoms with Gasteiger partial charge in [0.1, 0.15) is 6.04 Å². The Kier molecular flexibility index (Phi) is 7.39. The smallest absolute Gasteiger partial charge is 0.326 e. The fraction of sp³-hybridized carbons (Fsp3) is 0.261. The van der Waals surface area contributed by atoms with Gasteiger partial charge in [0.15, 0.2) is 0 Å². The van der Waals surface area contributed by atoms with E-state index in [1.165, 1.54) is 0 Å². The van der Waals surface area contributed by atoms with Crippen molar-refractivity contribution >= 4 is 34.7 Å². The molecule has 1 aromatic heterocycles. The fourth-order valence-corrected chi connectivity index (χ4v) is 3.45. The van der Waals surface area contributed by atoms with E-state index in [1.54, 1.807) is 36.4 Å². The first-order valence-corrected chi connectivity index (χ1v) is 10.4. The van der Waals surface area contributed by atoms with Crippen molar-refractivity contribution in [3.63, 3.8) is 0 Å². The molecule has 0 unspecified atom stereocenters. The molecule has 33 heavy (non-hydrogen) atoms. The monoisotopic (exact) mass is 452 g/mol. The normalized spacial score (nSPS) is 11.8. The Morgan fingerprint density at radius 1 is 1.03 bits per heavy atom. The summed E-state index contributed by atoms with van der Waals surface area (Å²) >= 11 is 0. The van der Waals surface area contributed by atoms with Gasteiger partial charge in [-0.05, 0) is 61.1 Å². The predicted octanol–water partition coefficient (Wildman–Crippen LogP) is 1.73. The Morgan fingerprint density at radius 3 is 2.36 bits per heavy atom. The SMILES string of the molecule is Nc1nc2ccc(CCCc3ccc(C(=O)N[C@@H](CCC(=O)O)C(=O)O)cc3)cc2c(=O)[nH]1. The second-order valence-electron chi connectivity index (χ2n) is 7.65. The van der Waals surface area contributed by atoms with Gasteiger partial charge in [-0.1, -0.05) is 18.2 Å². The molecule has 0 fully saturated rings. The summed E-state index contributed by atoms with van der Waals surface area (Å²) in [6, 6.07) is 11.0. The maximum absolute atomic E-state index is 12.3. The summed E-state index contributed by atoms with van der Waals surface area (Å²) in [6.07, 6.45) is 1.75. The predicted molar refractivity (Wildman–Crippen MR) is 121 cm³/mol. The first-order valence-electron chi connectivity index (χ1n) is 10.4. The zero-order valence-corrected chi connectivity index (χ0v) is 17.7. The molecule has 10 nitrogen and oxygen atoms in total. The van der Waals surface area contributed by atoms with E-state index in [2.05, 4.69) is 15.3 Å². The minimum Gasteiger partial charge on any atom is -0.481 e. The lowest BCUT2D eigenvalue weighted by molar-refractivity contribution is -0.140. The number of carbonyl (C=O) groups is 3. The Morgan fingerprint density at radius 2 is 1.70 bits per heavy atom. The topological polar surface area (TPSA) is 175 Å². The summed E-state index contributed by atoms with van der Waals surface area (Å²) in [5, 5.41) is 20.7. The van der Waals surface area contributed by atoms with Crippen molar-refractivity contribution in [2.75, 3.05) is 5.73 Å². The van der Waals surface area contributed by atoms with Crippen molar-refractivity contribution in [2.45, 2.75) is 38.1 Å². The molecule has 3 aromatic rings. The number of amides is 1. The van der Waals surface area contributed by atoms with Crippen molar-refractivity contribution in [2.24, 2.45) is 0 Å². The molecule has 2 aromatic carbocycles. The number of aryl methyl sites for hydroxylation is 2. The van der Waals surface area contributed by atoms with E-state index >= 15 is 0 Å². The first-order chi connectivity index (χ1) is 15.7. The van der Waals surface area contributed by atoms with Crippen LogP contribution in [0.3, 0.4) is 0 Å². The zero-order valence-electron chi connectivity index (χ0n) is 17.7. The molecule has 3 rings (SSSR count). The minimum absolute atomic E-state index is 0.0797. The van der Waals surface area contributed by atoms with Gasteiger partial charge in [0.25, 0.3) is 11.5 Å². The quantitative estimate of drug-likeness (QED) is 0.309. The number of nitrogens with two attached hydrogens (primary N) is 1. The molecule has 1 atom stereocenters. The van der Waals surface area contributed by atoms with Crippen molar-refractivity contribution in [1.29, 1.82) is 0 Å². The number of rotatable bonds is 10. The standard InChI is InChI=1S/C23H24N4O6/c24-23-26-17-9-6-14(12-16(17)21(31)27-23)3-1-2-13-4-7-15(8-5-13)20(30)25-18(22(32)33)10-11-19(28)29/h4-9,12,18H,1-3,10-11H2,(H,25,30)(H,28,29)(H,32,33)(H3,24,26,27,31)/t18-/m0/s1.